The molecule has 0 bridgehead atoms. The second kappa shape index (κ2) is 8.84. The van der Waals surface area contributed by atoms with Gasteiger partial charge in [0.05, 0.1) is 24.1 Å². The molecule has 1 saturated heterocycles. The maximum absolute atomic E-state index is 11.6. The molecule has 4 rings (SSSR count). The minimum Gasteiger partial charge on any atom is -0.493 e. The average Bonchev–Trinajstić information content (AvgIpc) is 3.15. The van der Waals surface area contributed by atoms with Crippen molar-refractivity contribution in [1.82, 2.24) is 24.3 Å². The Morgan fingerprint density at radius 2 is 2.00 bits per heavy atom. The summed E-state index contributed by atoms with van der Waals surface area (Å²) in [4.78, 5) is 4.46. The molecule has 0 atom stereocenters. The van der Waals surface area contributed by atoms with E-state index in [1.807, 2.05) is 31.2 Å². The van der Waals surface area contributed by atoms with Gasteiger partial charge in [-0.3, -0.25) is 0 Å². The van der Waals surface area contributed by atoms with Crippen molar-refractivity contribution in [3.05, 3.63) is 35.5 Å². The molecule has 9 nitrogen and oxygen atoms in total. The van der Waals surface area contributed by atoms with Crippen molar-refractivity contribution in [2.24, 2.45) is 13.0 Å². The minimum absolute atomic E-state index is 0.255. The minimum atomic E-state index is -3.09. The van der Waals surface area contributed by atoms with E-state index >= 15 is 0 Å². The highest BCUT2D eigenvalue weighted by Crippen LogP contribution is 2.28. The highest BCUT2D eigenvalue weighted by atomic mass is 32.2. The van der Waals surface area contributed by atoms with Crippen LogP contribution in [0.2, 0.25) is 0 Å². The molecular weight excluding hydrogens is 428 g/mol. The van der Waals surface area contributed by atoms with Crippen LogP contribution in [0.3, 0.4) is 0 Å². The molecule has 1 fully saturated rings. The monoisotopic (exact) mass is 454 g/mol. The van der Waals surface area contributed by atoms with Gasteiger partial charge in [0.15, 0.2) is 5.69 Å². The molecule has 3 heterocycles. The second-order valence-electron chi connectivity index (χ2n) is 8.27. The van der Waals surface area contributed by atoms with E-state index in [2.05, 4.69) is 21.4 Å². The van der Waals surface area contributed by atoms with Crippen LogP contribution >= 0.6 is 0 Å². The Morgan fingerprint density at radius 3 is 2.66 bits per heavy atom. The summed E-state index contributed by atoms with van der Waals surface area (Å²) in [6.45, 7) is 3.75. The van der Waals surface area contributed by atoms with Crippen LogP contribution in [-0.2, 0) is 17.1 Å². The number of benzene rings is 1. The number of nitrogens with zero attached hydrogens (tertiary/aromatic N) is 6. The Hall–Kier alpha value is -3.03. The molecule has 168 valence electrons. The zero-order valence-electron chi connectivity index (χ0n) is 18.4. The van der Waals surface area contributed by atoms with E-state index in [4.69, 9.17) is 4.74 Å². The first-order chi connectivity index (χ1) is 15.3. The molecule has 32 heavy (non-hydrogen) atoms. The van der Waals surface area contributed by atoms with Crippen molar-refractivity contribution in [1.29, 1.82) is 5.26 Å². The summed E-state index contributed by atoms with van der Waals surface area (Å²) < 4.78 is 32.5. The van der Waals surface area contributed by atoms with E-state index in [1.54, 1.807) is 16.0 Å². The molecule has 1 aliphatic rings. The van der Waals surface area contributed by atoms with Crippen molar-refractivity contribution in [2.75, 3.05) is 26.0 Å². The van der Waals surface area contributed by atoms with Crippen molar-refractivity contribution in [3.63, 3.8) is 0 Å². The van der Waals surface area contributed by atoms with Crippen LogP contribution in [0.15, 0.2) is 24.3 Å². The number of nitriles is 1. The highest BCUT2D eigenvalue weighted by Gasteiger charge is 2.24. The molecule has 0 radical (unpaired) electrons. The zero-order valence-corrected chi connectivity index (χ0v) is 19.3. The summed E-state index contributed by atoms with van der Waals surface area (Å²) >= 11 is 0. The third-order valence-corrected chi connectivity index (χ3v) is 7.31. The van der Waals surface area contributed by atoms with Gasteiger partial charge in [0.25, 0.3) is 0 Å². The van der Waals surface area contributed by atoms with Crippen molar-refractivity contribution < 1.29 is 13.2 Å². The van der Waals surface area contributed by atoms with Crippen LogP contribution in [0.25, 0.3) is 22.3 Å². The summed E-state index contributed by atoms with van der Waals surface area (Å²) in [5, 5.41) is 17.4. The first-order valence-electron chi connectivity index (χ1n) is 10.6. The van der Waals surface area contributed by atoms with Gasteiger partial charge in [-0.1, -0.05) is 5.21 Å². The normalized spacial score (nSPS) is 15.7. The Balaban J connectivity index is 1.41. The molecule has 0 unspecified atom stereocenters. The van der Waals surface area contributed by atoms with E-state index in [-0.39, 0.29) is 5.69 Å². The van der Waals surface area contributed by atoms with Crippen LogP contribution in [0.5, 0.6) is 5.75 Å². The topological polar surface area (TPSA) is 114 Å². The standard InChI is InChI=1S/C22H26N6O3S/c1-15-12-17(18-13-20-22(19(14-23)24-18)25-26-27(20)2)4-5-21(15)31-11-8-16-6-9-28(10-7-16)32(3,29)30/h4-5,12-13,16H,6-11H2,1-3H3. The van der Waals surface area contributed by atoms with E-state index in [9.17, 15) is 13.7 Å². The number of pyridine rings is 1. The number of sulfonamides is 1. The summed E-state index contributed by atoms with van der Waals surface area (Å²) in [6.07, 6.45) is 3.90. The van der Waals surface area contributed by atoms with Gasteiger partial charge in [-0.05, 0) is 61.9 Å². The Kier molecular flexibility index (Phi) is 6.13. The predicted octanol–water partition coefficient (Wildman–Crippen LogP) is 2.65. The van der Waals surface area contributed by atoms with Gasteiger partial charge in [-0.15, -0.1) is 5.10 Å². The van der Waals surface area contributed by atoms with Gasteiger partial charge in [0.1, 0.15) is 17.3 Å². The molecule has 10 heteroatoms. The number of ether oxygens (including phenoxy) is 1. The van der Waals surface area contributed by atoms with Crippen LogP contribution in [0, 0.1) is 24.2 Å². The van der Waals surface area contributed by atoms with E-state index < -0.39 is 10.0 Å². The van der Waals surface area contributed by atoms with Crippen LogP contribution < -0.4 is 4.74 Å². The van der Waals surface area contributed by atoms with E-state index in [0.717, 1.165) is 41.7 Å². The molecule has 0 aliphatic carbocycles. The molecule has 0 spiro atoms. The molecule has 0 saturated carbocycles. The Labute approximate surface area is 187 Å². The SMILES string of the molecule is Cc1cc(-c2cc3c(nnn3C)c(C#N)n2)ccc1OCCC1CCN(S(C)(=O)=O)CC1. The quantitative estimate of drug-likeness (QED) is 0.562. The van der Waals surface area contributed by atoms with Gasteiger partial charge < -0.3 is 4.74 Å². The third-order valence-electron chi connectivity index (χ3n) is 6.00. The molecule has 0 N–H and O–H groups in total. The van der Waals surface area contributed by atoms with Crippen LogP contribution in [-0.4, -0.2) is 58.7 Å². The fourth-order valence-electron chi connectivity index (χ4n) is 4.09. The molecule has 3 aromatic rings. The Morgan fingerprint density at radius 1 is 1.25 bits per heavy atom. The number of piperidine rings is 1. The van der Waals surface area contributed by atoms with Gasteiger partial charge in [0.2, 0.25) is 10.0 Å². The fourth-order valence-corrected chi connectivity index (χ4v) is 4.97. The molecule has 1 aromatic carbocycles. The lowest BCUT2D eigenvalue weighted by atomic mass is 9.95. The lowest BCUT2D eigenvalue weighted by Gasteiger charge is -2.30. The lowest BCUT2D eigenvalue weighted by Crippen LogP contribution is -2.38. The number of aromatic nitrogens is 4. The van der Waals surface area contributed by atoms with Crippen molar-refractivity contribution >= 4 is 21.1 Å². The number of hydrogen-bond acceptors (Lipinski definition) is 7. The van der Waals surface area contributed by atoms with Gasteiger partial charge in [-0.2, -0.15) is 5.26 Å². The largest absolute Gasteiger partial charge is 0.493 e. The van der Waals surface area contributed by atoms with Crippen molar-refractivity contribution in [2.45, 2.75) is 26.2 Å². The van der Waals surface area contributed by atoms with Crippen LogP contribution in [0.4, 0.5) is 0 Å². The second-order valence-corrected chi connectivity index (χ2v) is 10.3. The summed E-state index contributed by atoms with van der Waals surface area (Å²) in [5.74, 6) is 1.28. The summed E-state index contributed by atoms with van der Waals surface area (Å²) in [5.41, 5.74) is 4.07. The fraction of sp³-hybridized carbons (Fsp3) is 0.455. The average molecular weight is 455 g/mol. The van der Waals surface area contributed by atoms with Gasteiger partial charge in [-0.25, -0.2) is 22.4 Å². The maximum atomic E-state index is 11.6. The van der Waals surface area contributed by atoms with Crippen LogP contribution in [0.1, 0.15) is 30.5 Å². The molecule has 1 aliphatic heterocycles. The summed E-state index contributed by atoms with van der Waals surface area (Å²) in [6, 6.07) is 9.85. The number of aryl methyl sites for hydroxylation is 2. The number of hydrogen-bond donors (Lipinski definition) is 0. The van der Waals surface area contributed by atoms with E-state index in [1.165, 1.54) is 6.26 Å². The number of fused-ring (bicyclic) bond motifs is 1. The molecule has 2 aromatic heterocycles. The first kappa shape index (κ1) is 22.2. The number of rotatable bonds is 6. The van der Waals surface area contributed by atoms with Gasteiger partial charge in [0, 0.05) is 25.7 Å². The highest BCUT2D eigenvalue weighted by molar-refractivity contribution is 7.88. The zero-order chi connectivity index (χ0) is 22.9. The lowest BCUT2D eigenvalue weighted by molar-refractivity contribution is 0.219. The smallest absolute Gasteiger partial charge is 0.211 e. The van der Waals surface area contributed by atoms with Crippen molar-refractivity contribution in [3.8, 4) is 23.1 Å². The first-order valence-corrected chi connectivity index (χ1v) is 12.4. The predicted molar refractivity (Wildman–Crippen MR) is 120 cm³/mol. The van der Waals surface area contributed by atoms with Gasteiger partial charge >= 0.3 is 0 Å². The molecule has 0 amide bonds. The summed E-state index contributed by atoms with van der Waals surface area (Å²) in [7, 11) is -1.31. The molecular formula is C22H26N6O3S. The Bertz CT molecular complexity index is 1290. The third kappa shape index (κ3) is 4.59. The van der Waals surface area contributed by atoms with E-state index in [0.29, 0.717) is 36.8 Å². The maximum Gasteiger partial charge on any atom is 0.211 e.